The van der Waals surface area contributed by atoms with Crippen LogP contribution in [-0.2, 0) is 9.59 Å². The van der Waals surface area contributed by atoms with Gasteiger partial charge in [-0.1, -0.05) is 30.3 Å². The van der Waals surface area contributed by atoms with Gasteiger partial charge in [0.1, 0.15) is 0 Å². The molecule has 1 aliphatic heterocycles. The number of hydrogen-bond acceptors (Lipinski definition) is 2. The summed E-state index contributed by atoms with van der Waals surface area (Å²) in [4.78, 5) is 24.3. The van der Waals surface area contributed by atoms with Crippen LogP contribution < -0.4 is 0 Å². The van der Waals surface area contributed by atoms with E-state index >= 15 is 0 Å². The highest BCUT2D eigenvalue weighted by atomic mass is 16.4. The van der Waals surface area contributed by atoms with Crippen molar-refractivity contribution in [3.05, 3.63) is 35.9 Å². The third-order valence-corrected chi connectivity index (χ3v) is 3.56. The molecule has 1 heterocycles. The first-order chi connectivity index (χ1) is 9.18. The van der Waals surface area contributed by atoms with Gasteiger partial charge in [-0.25, -0.2) is 0 Å². The summed E-state index contributed by atoms with van der Waals surface area (Å²) in [5.41, 5.74) is 1.19. The summed E-state index contributed by atoms with van der Waals surface area (Å²) in [5, 5.41) is 8.54. The van der Waals surface area contributed by atoms with E-state index in [2.05, 4.69) is 12.1 Å². The lowest BCUT2D eigenvalue weighted by Gasteiger charge is -2.41. The molecule has 4 heteroatoms. The first-order valence-electron chi connectivity index (χ1n) is 6.74. The van der Waals surface area contributed by atoms with E-state index in [1.165, 1.54) is 5.56 Å². The number of amides is 1. The van der Waals surface area contributed by atoms with Crippen molar-refractivity contribution in [2.45, 2.75) is 38.1 Å². The number of carboxylic acids is 1. The number of nitrogens with zero attached hydrogens (tertiary/aromatic N) is 1. The molecule has 102 valence electrons. The Morgan fingerprint density at radius 3 is 2.42 bits per heavy atom. The predicted molar refractivity (Wildman–Crippen MR) is 71.6 cm³/mol. The summed E-state index contributed by atoms with van der Waals surface area (Å²) < 4.78 is 0. The molecule has 1 aliphatic rings. The molecule has 1 atom stereocenters. The van der Waals surface area contributed by atoms with E-state index < -0.39 is 5.97 Å². The Labute approximate surface area is 113 Å². The minimum absolute atomic E-state index is 0.144. The van der Waals surface area contributed by atoms with Crippen molar-refractivity contribution in [1.82, 2.24) is 4.90 Å². The fourth-order valence-corrected chi connectivity index (χ4v) is 2.40. The van der Waals surface area contributed by atoms with Gasteiger partial charge in [0.15, 0.2) is 0 Å². The van der Waals surface area contributed by atoms with Crippen LogP contribution in [0, 0.1) is 0 Å². The average Bonchev–Trinajstić information content (AvgIpc) is 2.34. The van der Waals surface area contributed by atoms with Gasteiger partial charge in [-0.2, -0.15) is 0 Å². The molecule has 0 aromatic heterocycles. The Bertz CT molecular complexity index is 444. The van der Waals surface area contributed by atoms with Gasteiger partial charge in [-0.05, 0) is 24.8 Å². The molecule has 1 amide bonds. The van der Waals surface area contributed by atoms with Crippen LogP contribution in [-0.4, -0.2) is 28.4 Å². The van der Waals surface area contributed by atoms with E-state index in [1.807, 2.05) is 23.1 Å². The second-order valence-corrected chi connectivity index (χ2v) is 4.90. The largest absolute Gasteiger partial charge is 0.481 e. The summed E-state index contributed by atoms with van der Waals surface area (Å²) in [7, 11) is 0. The second-order valence-electron chi connectivity index (χ2n) is 4.90. The number of unbranched alkanes of at least 4 members (excludes halogenated alkanes) is 1. The lowest BCUT2D eigenvalue weighted by atomic mass is 9.94. The number of carbonyl (C=O) groups excluding carboxylic acids is 1. The Kier molecular flexibility index (Phi) is 4.55. The standard InChI is InChI=1S/C15H19NO3/c17-14(8-4-5-9-15(18)19)16-11-10-13(16)12-6-2-1-3-7-12/h1-3,6-7,13H,4-5,8-11H2,(H,18,19). The van der Waals surface area contributed by atoms with E-state index in [9.17, 15) is 9.59 Å². The highest BCUT2D eigenvalue weighted by molar-refractivity contribution is 5.77. The quantitative estimate of drug-likeness (QED) is 0.801. The number of carbonyl (C=O) groups is 2. The summed E-state index contributed by atoms with van der Waals surface area (Å²) >= 11 is 0. The number of likely N-dealkylation sites (tertiary alicyclic amines) is 1. The summed E-state index contributed by atoms with van der Waals surface area (Å²) in [6, 6.07) is 10.3. The summed E-state index contributed by atoms with van der Waals surface area (Å²) in [6.07, 6.45) is 2.85. The topological polar surface area (TPSA) is 57.6 Å². The van der Waals surface area contributed by atoms with Crippen LogP contribution in [0.4, 0.5) is 0 Å². The van der Waals surface area contributed by atoms with Crippen molar-refractivity contribution in [3.63, 3.8) is 0 Å². The van der Waals surface area contributed by atoms with Crippen molar-refractivity contribution in [3.8, 4) is 0 Å². The molecule has 0 spiro atoms. The molecule has 0 aliphatic carbocycles. The van der Waals surface area contributed by atoms with E-state index in [-0.39, 0.29) is 18.4 Å². The number of rotatable bonds is 6. The molecule has 1 aromatic rings. The monoisotopic (exact) mass is 261 g/mol. The van der Waals surface area contributed by atoms with Crippen LogP contribution in [0.25, 0.3) is 0 Å². The predicted octanol–water partition coefficient (Wildman–Crippen LogP) is 2.61. The summed E-state index contributed by atoms with van der Waals surface area (Å²) in [5.74, 6) is -0.649. The lowest BCUT2D eigenvalue weighted by Crippen LogP contribution is -2.45. The van der Waals surface area contributed by atoms with E-state index in [0.29, 0.717) is 19.3 Å². The van der Waals surface area contributed by atoms with Gasteiger partial charge in [0.05, 0.1) is 6.04 Å². The molecule has 0 bridgehead atoms. The normalized spacial score (nSPS) is 17.9. The molecule has 1 unspecified atom stereocenters. The Hall–Kier alpha value is -1.84. The molecule has 2 rings (SSSR count). The van der Waals surface area contributed by atoms with Crippen LogP contribution >= 0.6 is 0 Å². The van der Waals surface area contributed by atoms with Gasteiger partial charge in [-0.3, -0.25) is 9.59 Å². The fourth-order valence-electron chi connectivity index (χ4n) is 2.40. The van der Waals surface area contributed by atoms with Gasteiger partial charge < -0.3 is 10.0 Å². The zero-order valence-corrected chi connectivity index (χ0v) is 10.9. The molecule has 0 saturated carbocycles. The Morgan fingerprint density at radius 1 is 1.16 bits per heavy atom. The third-order valence-electron chi connectivity index (χ3n) is 3.56. The molecule has 1 aromatic carbocycles. The second kappa shape index (κ2) is 6.36. The Balaban J connectivity index is 1.79. The molecule has 4 nitrogen and oxygen atoms in total. The number of hydrogen-bond donors (Lipinski definition) is 1. The molecule has 0 radical (unpaired) electrons. The van der Waals surface area contributed by atoms with E-state index in [1.54, 1.807) is 0 Å². The van der Waals surface area contributed by atoms with Crippen molar-refractivity contribution in [2.75, 3.05) is 6.54 Å². The van der Waals surface area contributed by atoms with Crippen LogP contribution in [0.2, 0.25) is 0 Å². The van der Waals surface area contributed by atoms with Crippen molar-refractivity contribution >= 4 is 11.9 Å². The highest BCUT2D eigenvalue weighted by Gasteiger charge is 2.32. The van der Waals surface area contributed by atoms with Crippen molar-refractivity contribution in [2.24, 2.45) is 0 Å². The molecule has 1 saturated heterocycles. The fraction of sp³-hybridized carbons (Fsp3) is 0.467. The first-order valence-corrected chi connectivity index (χ1v) is 6.74. The zero-order valence-electron chi connectivity index (χ0n) is 10.9. The highest BCUT2D eigenvalue weighted by Crippen LogP contribution is 2.33. The number of benzene rings is 1. The van der Waals surface area contributed by atoms with Crippen LogP contribution in [0.1, 0.15) is 43.7 Å². The summed E-state index contributed by atoms with van der Waals surface area (Å²) in [6.45, 7) is 0.817. The van der Waals surface area contributed by atoms with Gasteiger partial charge >= 0.3 is 5.97 Å². The number of aliphatic carboxylic acids is 1. The SMILES string of the molecule is O=C(O)CCCCC(=O)N1CCC1c1ccccc1. The van der Waals surface area contributed by atoms with Gasteiger partial charge in [0.25, 0.3) is 0 Å². The minimum atomic E-state index is -0.793. The van der Waals surface area contributed by atoms with Crippen LogP contribution in [0.5, 0.6) is 0 Å². The maximum atomic E-state index is 12.0. The lowest BCUT2D eigenvalue weighted by molar-refractivity contribution is -0.140. The number of carboxylic acid groups (broad SMARTS) is 1. The smallest absolute Gasteiger partial charge is 0.303 e. The zero-order chi connectivity index (χ0) is 13.7. The molecule has 19 heavy (non-hydrogen) atoms. The minimum Gasteiger partial charge on any atom is -0.481 e. The van der Waals surface area contributed by atoms with Gasteiger partial charge in [0, 0.05) is 19.4 Å². The van der Waals surface area contributed by atoms with E-state index in [0.717, 1.165) is 13.0 Å². The molecular weight excluding hydrogens is 242 g/mol. The van der Waals surface area contributed by atoms with Crippen LogP contribution in [0.15, 0.2) is 30.3 Å². The Morgan fingerprint density at radius 2 is 1.84 bits per heavy atom. The maximum absolute atomic E-state index is 12.0. The van der Waals surface area contributed by atoms with Crippen LogP contribution in [0.3, 0.4) is 0 Å². The molecule has 1 fully saturated rings. The molecule has 1 N–H and O–H groups in total. The van der Waals surface area contributed by atoms with Crippen molar-refractivity contribution < 1.29 is 14.7 Å². The van der Waals surface area contributed by atoms with E-state index in [4.69, 9.17) is 5.11 Å². The molecular formula is C15H19NO3. The van der Waals surface area contributed by atoms with Gasteiger partial charge in [-0.15, -0.1) is 0 Å². The average molecular weight is 261 g/mol. The van der Waals surface area contributed by atoms with Gasteiger partial charge in [0.2, 0.25) is 5.91 Å². The first kappa shape index (κ1) is 13.6. The maximum Gasteiger partial charge on any atom is 0.303 e. The third kappa shape index (κ3) is 3.56. The van der Waals surface area contributed by atoms with Crippen molar-refractivity contribution in [1.29, 1.82) is 0 Å².